The third-order valence-corrected chi connectivity index (χ3v) is 2.06. The quantitative estimate of drug-likeness (QED) is 0.381. The lowest BCUT2D eigenvalue weighted by Gasteiger charge is -2.09. The Morgan fingerprint density at radius 2 is 2.07 bits per heavy atom. The largest absolute Gasteiger partial charge is 0.467 e. The van der Waals surface area contributed by atoms with Gasteiger partial charge in [-0.3, -0.25) is 0 Å². The molecule has 15 heavy (non-hydrogen) atoms. The fourth-order valence-electron chi connectivity index (χ4n) is 1.27. The van der Waals surface area contributed by atoms with Crippen LogP contribution >= 0.6 is 0 Å². The van der Waals surface area contributed by atoms with Gasteiger partial charge in [-0.1, -0.05) is 17.6 Å². The number of hydrogen-bond donors (Lipinski definition) is 0. The zero-order valence-electron chi connectivity index (χ0n) is 9.58. The molecule has 0 saturated heterocycles. The maximum absolute atomic E-state index is 5.46. The van der Waals surface area contributed by atoms with Crippen LogP contribution in [0.1, 0.15) is 5.56 Å². The van der Waals surface area contributed by atoms with Crippen LogP contribution in [-0.4, -0.2) is 35.0 Å². The second kappa shape index (κ2) is 6.48. The number of ether oxygens (including phenoxy) is 3. The highest BCUT2D eigenvalue weighted by molar-refractivity contribution is 6.32. The van der Waals surface area contributed by atoms with Gasteiger partial charge < -0.3 is 14.2 Å². The number of hydrogen-bond acceptors (Lipinski definition) is 3. The standard InChI is InChI=1S/C11H17BO3/c1-9-7-10(12)3-4-11(9)15-8-14-6-5-13-2/h3-4,7H,5-6,8,12H2,1-2H3. The Balaban J connectivity index is 2.31. The van der Waals surface area contributed by atoms with Crippen molar-refractivity contribution in [2.45, 2.75) is 6.92 Å². The van der Waals surface area contributed by atoms with Crippen molar-refractivity contribution in [2.24, 2.45) is 0 Å². The number of benzene rings is 1. The molecule has 1 rings (SSSR count). The Morgan fingerprint density at radius 1 is 1.27 bits per heavy atom. The van der Waals surface area contributed by atoms with Gasteiger partial charge in [0.2, 0.25) is 0 Å². The summed E-state index contributed by atoms with van der Waals surface area (Å²) in [7, 11) is 3.71. The molecule has 1 aromatic rings. The molecule has 0 heterocycles. The van der Waals surface area contributed by atoms with Gasteiger partial charge in [0, 0.05) is 7.11 Å². The van der Waals surface area contributed by atoms with Crippen LogP contribution in [0.4, 0.5) is 0 Å². The lowest BCUT2D eigenvalue weighted by molar-refractivity contribution is -0.00874. The first-order valence-electron chi connectivity index (χ1n) is 5.01. The summed E-state index contributed by atoms with van der Waals surface area (Å²) < 4.78 is 15.5. The zero-order chi connectivity index (χ0) is 11.1. The highest BCUT2D eigenvalue weighted by atomic mass is 16.7. The van der Waals surface area contributed by atoms with Gasteiger partial charge in [-0.05, 0) is 18.6 Å². The Bertz CT molecular complexity index is 302. The molecule has 0 aromatic heterocycles. The fraction of sp³-hybridized carbons (Fsp3) is 0.455. The molecule has 0 unspecified atom stereocenters. The van der Waals surface area contributed by atoms with E-state index in [-0.39, 0.29) is 6.79 Å². The smallest absolute Gasteiger partial charge is 0.189 e. The summed E-state index contributed by atoms with van der Waals surface area (Å²) in [4.78, 5) is 0. The Hall–Kier alpha value is -0.995. The van der Waals surface area contributed by atoms with E-state index in [9.17, 15) is 0 Å². The molecule has 0 radical (unpaired) electrons. The predicted molar refractivity (Wildman–Crippen MR) is 62.7 cm³/mol. The zero-order valence-corrected chi connectivity index (χ0v) is 9.58. The summed E-state index contributed by atoms with van der Waals surface area (Å²) in [6, 6.07) is 6.08. The van der Waals surface area contributed by atoms with Crippen LogP contribution in [0.15, 0.2) is 18.2 Å². The van der Waals surface area contributed by atoms with E-state index < -0.39 is 0 Å². The highest BCUT2D eigenvalue weighted by Gasteiger charge is 1.98. The van der Waals surface area contributed by atoms with Crippen LogP contribution in [0.25, 0.3) is 0 Å². The van der Waals surface area contributed by atoms with E-state index >= 15 is 0 Å². The van der Waals surface area contributed by atoms with Crippen molar-refractivity contribution in [3.05, 3.63) is 23.8 Å². The topological polar surface area (TPSA) is 27.7 Å². The van der Waals surface area contributed by atoms with Crippen molar-refractivity contribution in [1.82, 2.24) is 0 Å². The van der Waals surface area contributed by atoms with Gasteiger partial charge >= 0.3 is 0 Å². The summed E-state index contributed by atoms with van der Waals surface area (Å²) in [6.45, 7) is 3.45. The van der Waals surface area contributed by atoms with E-state index in [1.54, 1.807) is 7.11 Å². The van der Waals surface area contributed by atoms with Crippen LogP contribution in [0.5, 0.6) is 5.75 Å². The molecule has 82 valence electrons. The molecule has 3 nitrogen and oxygen atoms in total. The van der Waals surface area contributed by atoms with Crippen molar-refractivity contribution in [3.63, 3.8) is 0 Å². The van der Waals surface area contributed by atoms with Crippen molar-refractivity contribution >= 4 is 13.3 Å². The van der Waals surface area contributed by atoms with Crippen LogP contribution in [0, 0.1) is 6.92 Å². The molecular formula is C11H17BO3. The van der Waals surface area contributed by atoms with Crippen molar-refractivity contribution in [3.8, 4) is 5.75 Å². The molecule has 0 aliphatic heterocycles. The minimum absolute atomic E-state index is 0.271. The maximum Gasteiger partial charge on any atom is 0.189 e. The molecule has 0 aliphatic carbocycles. The first-order valence-corrected chi connectivity index (χ1v) is 5.01. The van der Waals surface area contributed by atoms with Gasteiger partial charge in [-0.25, -0.2) is 0 Å². The average molecular weight is 208 g/mol. The monoisotopic (exact) mass is 208 g/mol. The molecule has 0 N–H and O–H groups in total. The van der Waals surface area contributed by atoms with Gasteiger partial charge in [0.05, 0.1) is 13.2 Å². The third-order valence-electron chi connectivity index (χ3n) is 2.06. The minimum Gasteiger partial charge on any atom is -0.467 e. The number of aryl methyl sites for hydroxylation is 1. The molecule has 4 heteroatoms. The molecule has 0 saturated carbocycles. The summed E-state index contributed by atoms with van der Waals surface area (Å²) in [5.41, 5.74) is 2.37. The van der Waals surface area contributed by atoms with E-state index in [1.807, 2.05) is 19.1 Å². The second-order valence-electron chi connectivity index (χ2n) is 3.43. The van der Waals surface area contributed by atoms with Crippen molar-refractivity contribution in [2.75, 3.05) is 27.1 Å². The van der Waals surface area contributed by atoms with E-state index in [2.05, 4.69) is 13.9 Å². The van der Waals surface area contributed by atoms with Gasteiger partial charge in [0.25, 0.3) is 0 Å². The van der Waals surface area contributed by atoms with Crippen molar-refractivity contribution in [1.29, 1.82) is 0 Å². The van der Waals surface area contributed by atoms with Crippen LogP contribution in [-0.2, 0) is 9.47 Å². The van der Waals surface area contributed by atoms with Gasteiger partial charge in [0.1, 0.15) is 13.6 Å². The third kappa shape index (κ3) is 4.36. The van der Waals surface area contributed by atoms with E-state index in [0.29, 0.717) is 13.2 Å². The maximum atomic E-state index is 5.46. The summed E-state index contributed by atoms with van der Waals surface area (Å²) in [5, 5.41) is 0. The van der Waals surface area contributed by atoms with Crippen molar-refractivity contribution < 1.29 is 14.2 Å². The predicted octanol–water partition coefficient (Wildman–Crippen LogP) is 0.253. The molecule has 0 aliphatic rings. The average Bonchev–Trinajstić information content (AvgIpc) is 2.20. The molecule has 1 aromatic carbocycles. The summed E-state index contributed by atoms with van der Waals surface area (Å²) >= 11 is 0. The molecular weight excluding hydrogens is 191 g/mol. The molecule has 0 spiro atoms. The van der Waals surface area contributed by atoms with E-state index in [1.165, 1.54) is 5.46 Å². The first-order chi connectivity index (χ1) is 7.24. The summed E-state index contributed by atoms with van der Waals surface area (Å²) in [5.74, 6) is 0.873. The Labute approximate surface area is 91.7 Å². The summed E-state index contributed by atoms with van der Waals surface area (Å²) in [6.07, 6.45) is 0. The van der Waals surface area contributed by atoms with Crippen LogP contribution < -0.4 is 10.2 Å². The van der Waals surface area contributed by atoms with E-state index in [4.69, 9.17) is 14.2 Å². The van der Waals surface area contributed by atoms with Crippen LogP contribution in [0.2, 0.25) is 0 Å². The second-order valence-corrected chi connectivity index (χ2v) is 3.43. The lowest BCUT2D eigenvalue weighted by Crippen LogP contribution is -2.09. The fourth-order valence-corrected chi connectivity index (χ4v) is 1.27. The number of methoxy groups -OCH3 is 1. The van der Waals surface area contributed by atoms with E-state index in [0.717, 1.165) is 11.3 Å². The van der Waals surface area contributed by atoms with Crippen LogP contribution in [0.3, 0.4) is 0 Å². The first kappa shape index (κ1) is 12.1. The lowest BCUT2D eigenvalue weighted by atomic mass is 9.94. The van der Waals surface area contributed by atoms with Gasteiger partial charge in [-0.15, -0.1) is 0 Å². The molecule has 0 amide bonds. The molecule has 0 bridgehead atoms. The highest BCUT2D eigenvalue weighted by Crippen LogP contribution is 2.14. The van der Waals surface area contributed by atoms with Gasteiger partial charge in [-0.2, -0.15) is 0 Å². The minimum atomic E-state index is 0.271. The number of rotatable bonds is 6. The SMILES string of the molecule is Bc1ccc(OCOCCOC)c(C)c1. The molecule has 0 fully saturated rings. The normalized spacial score (nSPS) is 10.3. The Kier molecular flexibility index (Phi) is 5.22. The Morgan fingerprint density at radius 3 is 2.73 bits per heavy atom. The molecule has 0 atom stereocenters. The van der Waals surface area contributed by atoms with Gasteiger partial charge in [0.15, 0.2) is 6.79 Å².